The van der Waals surface area contributed by atoms with E-state index in [-0.39, 0.29) is 6.10 Å². The largest absolute Gasteiger partial charge is 0.377 e. The summed E-state index contributed by atoms with van der Waals surface area (Å²) < 4.78 is 7.25. The highest BCUT2D eigenvalue weighted by molar-refractivity contribution is 5.63. The number of benzene rings is 1. The number of nitrogens with zero attached hydrogens (tertiary/aromatic N) is 4. The number of methoxy groups -OCH3 is 1. The SMILES string of the molecule is COC(C)c1cccc(-c2cnc3nnc(C)n3c2)c1. The first-order valence-electron chi connectivity index (χ1n) is 6.49. The van der Waals surface area contributed by atoms with E-state index in [4.69, 9.17) is 4.74 Å². The normalized spacial score (nSPS) is 12.8. The quantitative estimate of drug-likeness (QED) is 0.733. The molecular formula is C15H16N4O. The third kappa shape index (κ3) is 2.16. The van der Waals surface area contributed by atoms with Crippen LogP contribution in [0.4, 0.5) is 0 Å². The maximum Gasteiger partial charge on any atom is 0.254 e. The third-order valence-corrected chi connectivity index (χ3v) is 3.48. The molecule has 0 aliphatic carbocycles. The monoisotopic (exact) mass is 268 g/mol. The van der Waals surface area contributed by atoms with Gasteiger partial charge in [0.15, 0.2) is 0 Å². The Kier molecular flexibility index (Phi) is 3.20. The summed E-state index contributed by atoms with van der Waals surface area (Å²) in [6.45, 7) is 3.94. The Morgan fingerprint density at radius 1 is 1.20 bits per heavy atom. The van der Waals surface area contributed by atoms with Gasteiger partial charge in [-0.3, -0.25) is 4.40 Å². The first-order chi connectivity index (χ1) is 9.69. The van der Waals surface area contributed by atoms with Crippen LogP contribution >= 0.6 is 0 Å². The van der Waals surface area contributed by atoms with Crippen molar-refractivity contribution in [2.45, 2.75) is 20.0 Å². The number of aryl methyl sites for hydroxylation is 1. The van der Waals surface area contributed by atoms with Gasteiger partial charge in [-0.15, -0.1) is 10.2 Å². The van der Waals surface area contributed by atoms with Crippen LogP contribution in [0, 0.1) is 6.92 Å². The van der Waals surface area contributed by atoms with E-state index in [0.717, 1.165) is 22.5 Å². The molecule has 5 heteroatoms. The molecule has 1 unspecified atom stereocenters. The molecule has 0 N–H and O–H groups in total. The second-order valence-electron chi connectivity index (χ2n) is 4.76. The van der Waals surface area contributed by atoms with Gasteiger partial charge in [0, 0.05) is 25.1 Å². The van der Waals surface area contributed by atoms with Crippen molar-refractivity contribution in [2.24, 2.45) is 0 Å². The van der Waals surface area contributed by atoms with E-state index in [0.29, 0.717) is 5.78 Å². The van der Waals surface area contributed by atoms with Crippen LogP contribution < -0.4 is 0 Å². The van der Waals surface area contributed by atoms with Crippen LogP contribution in [0.15, 0.2) is 36.7 Å². The summed E-state index contributed by atoms with van der Waals surface area (Å²) in [7, 11) is 1.71. The second-order valence-corrected chi connectivity index (χ2v) is 4.76. The number of ether oxygens (including phenoxy) is 1. The summed E-state index contributed by atoms with van der Waals surface area (Å²) in [5.41, 5.74) is 3.28. The smallest absolute Gasteiger partial charge is 0.254 e. The van der Waals surface area contributed by atoms with Crippen molar-refractivity contribution in [3.63, 3.8) is 0 Å². The molecule has 1 aromatic carbocycles. The topological polar surface area (TPSA) is 52.3 Å². The van der Waals surface area contributed by atoms with Gasteiger partial charge in [-0.1, -0.05) is 18.2 Å². The highest BCUT2D eigenvalue weighted by Gasteiger charge is 2.08. The predicted molar refractivity (Wildman–Crippen MR) is 76.4 cm³/mol. The minimum absolute atomic E-state index is 0.0725. The average Bonchev–Trinajstić information content (AvgIpc) is 2.87. The highest BCUT2D eigenvalue weighted by atomic mass is 16.5. The van der Waals surface area contributed by atoms with Crippen LogP contribution in [-0.4, -0.2) is 26.7 Å². The standard InChI is InChI=1S/C15H16N4O/c1-10(20-3)12-5-4-6-13(7-12)14-8-16-15-18-17-11(2)19(15)9-14/h4-10H,1-3H3. The van der Waals surface area contributed by atoms with Crippen LogP contribution in [0.2, 0.25) is 0 Å². The van der Waals surface area contributed by atoms with Crippen molar-refractivity contribution in [3.05, 3.63) is 48.0 Å². The van der Waals surface area contributed by atoms with E-state index in [9.17, 15) is 0 Å². The molecule has 3 rings (SSSR count). The summed E-state index contributed by atoms with van der Waals surface area (Å²) in [5.74, 6) is 1.45. The van der Waals surface area contributed by atoms with Gasteiger partial charge in [0.1, 0.15) is 5.82 Å². The van der Waals surface area contributed by atoms with Gasteiger partial charge in [-0.25, -0.2) is 4.98 Å². The lowest BCUT2D eigenvalue weighted by Gasteiger charge is -2.11. The van der Waals surface area contributed by atoms with Crippen molar-refractivity contribution >= 4 is 5.78 Å². The molecule has 0 saturated heterocycles. The molecule has 0 saturated carbocycles. The minimum atomic E-state index is 0.0725. The lowest BCUT2D eigenvalue weighted by molar-refractivity contribution is 0.119. The van der Waals surface area contributed by atoms with Crippen LogP contribution in [0.1, 0.15) is 24.4 Å². The molecule has 0 bridgehead atoms. The molecular weight excluding hydrogens is 252 g/mol. The maximum atomic E-state index is 5.36. The van der Waals surface area contributed by atoms with Crippen molar-refractivity contribution in [1.29, 1.82) is 0 Å². The van der Waals surface area contributed by atoms with Gasteiger partial charge in [-0.05, 0) is 31.0 Å². The third-order valence-electron chi connectivity index (χ3n) is 3.48. The van der Waals surface area contributed by atoms with E-state index in [1.807, 2.05) is 36.7 Å². The molecule has 0 amide bonds. The Morgan fingerprint density at radius 3 is 2.85 bits per heavy atom. The van der Waals surface area contributed by atoms with Gasteiger partial charge < -0.3 is 4.74 Å². The lowest BCUT2D eigenvalue weighted by atomic mass is 10.0. The number of rotatable bonds is 3. The molecule has 1 atom stereocenters. The number of fused-ring (bicyclic) bond motifs is 1. The first-order valence-corrected chi connectivity index (χ1v) is 6.49. The summed E-state index contributed by atoms with van der Waals surface area (Å²) >= 11 is 0. The molecule has 2 aromatic heterocycles. The van der Waals surface area contributed by atoms with Gasteiger partial charge in [0.2, 0.25) is 0 Å². The van der Waals surface area contributed by atoms with E-state index in [1.165, 1.54) is 0 Å². The van der Waals surface area contributed by atoms with Crippen LogP contribution in [0.3, 0.4) is 0 Å². The van der Waals surface area contributed by atoms with Crippen LogP contribution in [-0.2, 0) is 4.74 Å². The maximum absolute atomic E-state index is 5.36. The number of aromatic nitrogens is 4. The highest BCUT2D eigenvalue weighted by Crippen LogP contribution is 2.24. The van der Waals surface area contributed by atoms with Gasteiger partial charge in [0.25, 0.3) is 5.78 Å². The van der Waals surface area contributed by atoms with Gasteiger partial charge in [-0.2, -0.15) is 0 Å². The molecule has 5 nitrogen and oxygen atoms in total. The van der Waals surface area contributed by atoms with Crippen molar-refractivity contribution < 1.29 is 4.74 Å². The molecule has 0 aliphatic heterocycles. The van der Waals surface area contributed by atoms with Crippen molar-refractivity contribution in [3.8, 4) is 11.1 Å². The van der Waals surface area contributed by atoms with Crippen molar-refractivity contribution in [2.75, 3.05) is 7.11 Å². The summed E-state index contributed by atoms with van der Waals surface area (Å²) in [4.78, 5) is 4.33. The Balaban J connectivity index is 2.08. The molecule has 0 aliphatic rings. The van der Waals surface area contributed by atoms with E-state index >= 15 is 0 Å². The average molecular weight is 268 g/mol. The van der Waals surface area contributed by atoms with E-state index in [1.54, 1.807) is 7.11 Å². The lowest BCUT2D eigenvalue weighted by Crippen LogP contribution is -1.96. The Labute approximate surface area is 117 Å². The van der Waals surface area contributed by atoms with Crippen molar-refractivity contribution in [1.82, 2.24) is 19.6 Å². The number of hydrogen-bond donors (Lipinski definition) is 0. The Morgan fingerprint density at radius 2 is 2.05 bits per heavy atom. The fourth-order valence-electron chi connectivity index (χ4n) is 2.15. The van der Waals surface area contributed by atoms with Crippen LogP contribution in [0.25, 0.3) is 16.9 Å². The summed E-state index contributed by atoms with van der Waals surface area (Å²) in [6.07, 6.45) is 3.90. The van der Waals surface area contributed by atoms with Gasteiger partial charge >= 0.3 is 0 Å². The molecule has 0 spiro atoms. The molecule has 0 fully saturated rings. The zero-order valence-electron chi connectivity index (χ0n) is 11.7. The Hall–Kier alpha value is -2.27. The molecule has 0 radical (unpaired) electrons. The molecule has 102 valence electrons. The fraction of sp³-hybridized carbons (Fsp3) is 0.267. The Bertz CT molecular complexity index is 750. The van der Waals surface area contributed by atoms with E-state index in [2.05, 4.69) is 33.4 Å². The summed E-state index contributed by atoms with van der Waals surface area (Å²) in [5, 5.41) is 8.01. The zero-order chi connectivity index (χ0) is 14.1. The molecule has 3 aromatic rings. The van der Waals surface area contributed by atoms with E-state index < -0.39 is 0 Å². The summed E-state index contributed by atoms with van der Waals surface area (Å²) in [6, 6.07) is 8.28. The second kappa shape index (κ2) is 5.02. The molecule has 2 heterocycles. The van der Waals surface area contributed by atoms with Crippen LogP contribution in [0.5, 0.6) is 0 Å². The minimum Gasteiger partial charge on any atom is -0.377 e. The predicted octanol–water partition coefficient (Wildman–Crippen LogP) is 2.81. The fourth-order valence-corrected chi connectivity index (χ4v) is 2.15. The van der Waals surface area contributed by atoms with Gasteiger partial charge in [0.05, 0.1) is 6.10 Å². The number of hydrogen-bond acceptors (Lipinski definition) is 4. The first kappa shape index (κ1) is 12.7. The zero-order valence-corrected chi connectivity index (χ0v) is 11.7. The molecule has 20 heavy (non-hydrogen) atoms.